The van der Waals surface area contributed by atoms with E-state index in [0.29, 0.717) is 12.8 Å². The van der Waals surface area contributed by atoms with Gasteiger partial charge in [-0.1, -0.05) is 6.42 Å². The van der Waals surface area contributed by atoms with E-state index in [-0.39, 0.29) is 13.0 Å². The Balaban J connectivity index is 2.90. The second-order valence-corrected chi connectivity index (χ2v) is 5.68. The summed E-state index contributed by atoms with van der Waals surface area (Å²) in [6, 6.07) is 0. The summed E-state index contributed by atoms with van der Waals surface area (Å²) in [5.41, 5.74) is -1.66. The Kier molecular flexibility index (Phi) is 5.50. The van der Waals surface area contributed by atoms with Crippen LogP contribution in [0.15, 0.2) is 0 Å². The number of halogens is 8. The zero-order valence-electron chi connectivity index (χ0n) is 11.4. The standard InChI is InChI=1S/C12H17F8N/c1-10(6-11(17,18)8(13)14)4-2-3-5-21(10)7-12(19,20)9(15)16/h8-9H,2-7H2,1H3. The molecule has 21 heavy (non-hydrogen) atoms. The van der Waals surface area contributed by atoms with Crippen LogP contribution >= 0.6 is 0 Å². The molecule has 1 atom stereocenters. The van der Waals surface area contributed by atoms with E-state index in [9.17, 15) is 35.1 Å². The summed E-state index contributed by atoms with van der Waals surface area (Å²) < 4.78 is 102. The summed E-state index contributed by atoms with van der Waals surface area (Å²) in [7, 11) is 0. The summed E-state index contributed by atoms with van der Waals surface area (Å²) >= 11 is 0. The highest BCUT2D eigenvalue weighted by Gasteiger charge is 2.52. The van der Waals surface area contributed by atoms with E-state index in [0.717, 1.165) is 11.8 Å². The smallest absolute Gasteiger partial charge is 0.292 e. The quantitative estimate of drug-likeness (QED) is 0.653. The topological polar surface area (TPSA) is 3.24 Å². The molecule has 1 aliphatic heterocycles. The average molecular weight is 327 g/mol. The van der Waals surface area contributed by atoms with Crippen molar-refractivity contribution in [3.63, 3.8) is 0 Å². The van der Waals surface area contributed by atoms with E-state index in [1.54, 1.807) is 0 Å². The van der Waals surface area contributed by atoms with Gasteiger partial charge < -0.3 is 0 Å². The molecule has 0 aliphatic carbocycles. The molecule has 9 heteroatoms. The van der Waals surface area contributed by atoms with Gasteiger partial charge in [0.1, 0.15) is 0 Å². The van der Waals surface area contributed by atoms with Crippen LogP contribution in [0.25, 0.3) is 0 Å². The summed E-state index contributed by atoms with van der Waals surface area (Å²) in [6.45, 7) is -0.372. The van der Waals surface area contributed by atoms with Crippen LogP contribution in [0.5, 0.6) is 0 Å². The minimum absolute atomic E-state index is 0.0192. The number of likely N-dealkylation sites (tertiary alicyclic amines) is 1. The monoisotopic (exact) mass is 327 g/mol. The van der Waals surface area contributed by atoms with E-state index in [1.165, 1.54) is 0 Å². The maximum Gasteiger partial charge on any atom is 0.319 e. The number of hydrogen-bond donors (Lipinski definition) is 0. The lowest BCUT2D eigenvalue weighted by atomic mass is 9.83. The molecular weight excluding hydrogens is 310 g/mol. The molecule has 0 spiro atoms. The van der Waals surface area contributed by atoms with Crippen LogP contribution < -0.4 is 0 Å². The number of alkyl halides is 8. The molecule has 0 saturated carbocycles. The summed E-state index contributed by atoms with van der Waals surface area (Å²) in [6.07, 6.45) is -8.44. The molecule has 126 valence electrons. The first-order valence-electron chi connectivity index (χ1n) is 6.48. The van der Waals surface area contributed by atoms with Crippen molar-refractivity contribution in [2.75, 3.05) is 13.1 Å². The fraction of sp³-hybridized carbons (Fsp3) is 1.00. The lowest BCUT2D eigenvalue weighted by Crippen LogP contribution is -2.57. The van der Waals surface area contributed by atoms with Crippen LogP contribution in [-0.4, -0.2) is 48.2 Å². The Morgan fingerprint density at radius 2 is 1.48 bits per heavy atom. The third-order valence-corrected chi connectivity index (χ3v) is 3.81. The van der Waals surface area contributed by atoms with E-state index in [4.69, 9.17) is 0 Å². The van der Waals surface area contributed by atoms with Crippen molar-refractivity contribution in [1.82, 2.24) is 4.90 Å². The van der Waals surface area contributed by atoms with Crippen LogP contribution in [0.2, 0.25) is 0 Å². The van der Waals surface area contributed by atoms with E-state index >= 15 is 0 Å². The minimum atomic E-state index is -4.36. The van der Waals surface area contributed by atoms with Crippen molar-refractivity contribution >= 4 is 0 Å². The Bertz CT molecular complexity index is 346. The Labute approximate surface area is 117 Å². The molecule has 0 aromatic rings. The first-order chi connectivity index (χ1) is 9.41. The molecule has 1 heterocycles. The molecule has 1 fully saturated rings. The van der Waals surface area contributed by atoms with E-state index in [1.807, 2.05) is 0 Å². The third kappa shape index (κ3) is 4.43. The molecule has 1 nitrogen and oxygen atoms in total. The second kappa shape index (κ2) is 6.26. The van der Waals surface area contributed by atoms with E-state index < -0.39 is 43.2 Å². The SMILES string of the molecule is CC1(CC(F)(F)C(F)F)CCCCN1CC(F)(F)C(F)F. The average Bonchev–Trinajstić information content (AvgIpc) is 2.31. The van der Waals surface area contributed by atoms with Crippen LogP contribution in [0.4, 0.5) is 35.1 Å². The maximum absolute atomic E-state index is 13.2. The van der Waals surface area contributed by atoms with Gasteiger partial charge in [-0.25, -0.2) is 26.3 Å². The largest absolute Gasteiger partial charge is 0.319 e. The van der Waals surface area contributed by atoms with Gasteiger partial charge in [0.25, 0.3) is 0 Å². The van der Waals surface area contributed by atoms with Gasteiger partial charge in [0.05, 0.1) is 6.54 Å². The van der Waals surface area contributed by atoms with Crippen molar-refractivity contribution in [3.8, 4) is 0 Å². The van der Waals surface area contributed by atoms with Crippen LogP contribution in [-0.2, 0) is 0 Å². The summed E-state index contributed by atoms with van der Waals surface area (Å²) in [5.74, 6) is -8.71. The summed E-state index contributed by atoms with van der Waals surface area (Å²) in [5, 5.41) is 0. The van der Waals surface area contributed by atoms with Crippen molar-refractivity contribution in [3.05, 3.63) is 0 Å². The van der Waals surface area contributed by atoms with Crippen LogP contribution in [0.3, 0.4) is 0 Å². The lowest BCUT2D eigenvalue weighted by Gasteiger charge is -2.47. The fourth-order valence-electron chi connectivity index (χ4n) is 2.62. The molecule has 1 saturated heterocycles. The van der Waals surface area contributed by atoms with Gasteiger partial charge in [-0.05, 0) is 26.3 Å². The second-order valence-electron chi connectivity index (χ2n) is 5.68. The van der Waals surface area contributed by atoms with Crippen molar-refractivity contribution in [2.45, 2.75) is 62.8 Å². The molecule has 0 bridgehead atoms. The Hall–Kier alpha value is -0.600. The van der Waals surface area contributed by atoms with Crippen LogP contribution in [0, 0.1) is 0 Å². The zero-order chi connectivity index (χ0) is 16.5. The number of nitrogens with zero attached hydrogens (tertiary/aromatic N) is 1. The summed E-state index contributed by atoms with van der Waals surface area (Å²) in [4.78, 5) is 0.791. The first-order valence-corrected chi connectivity index (χ1v) is 6.48. The first kappa shape index (κ1) is 18.4. The maximum atomic E-state index is 13.2. The number of rotatable bonds is 6. The number of hydrogen-bond acceptors (Lipinski definition) is 1. The van der Waals surface area contributed by atoms with Crippen LogP contribution in [0.1, 0.15) is 32.6 Å². The van der Waals surface area contributed by atoms with Gasteiger partial charge in [0.2, 0.25) is 0 Å². The van der Waals surface area contributed by atoms with Crippen molar-refractivity contribution < 1.29 is 35.1 Å². The lowest BCUT2D eigenvalue weighted by molar-refractivity contribution is -0.182. The molecule has 1 rings (SSSR count). The third-order valence-electron chi connectivity index (χ3n) is 3.81. The molecule has 0 N–H and O–H groups in total. The fourth-order valence-corrected chi connectivity index (χ4v) is 2.62. The van der Waals surface area contributed by atoms with Gasteiger partial charge in [-0.15, -0.1) is 0 Å². The molecule has 0 aromatic heterocycles. The highest BCUT2D eigenvalue weighted by molar-refractivity contribution is 4.96. The van der Waals surface area contributed by atoms with Crippen molar-refractivity contribution in [2.24, 2.45) is 0 Å². The van der Waals surface area contributed by atoms with Gasteiger partial charge in [0, 0.05) is 12.0 Å². The minimum Gasteiger partial charge on any atom is -0.292 e. The molecular formula is C12H17F8N. The normalized spacial score (nSPS) is 25.9. The van der Waals surface area contributed by atoms with Gasteiger partial charge in [-0.2, -0.15) is 8.78 Å². The molecule has 0 radical (unpaired) electrons. The highest BCUT2D eigenvalue weighted by Crippen LogP contribution is 2.41. The Morgan fingerprint density at radius 1 is 0.952 bits per heavy atom. The van der Waals surface area contributed by atoms with Gasteiger partial charge >= 0.3 is 24.7 Å². The molecule has 1 unspecified atom stereocenters. The zero-order valence-corrected chi connectivity index (χ0v) is 11.4. The molecule has 0 amide bonds. The molecule has 0 aromatic carbocycles. The predicted octanol–water partition coefficient (Wildman–Crippen LogP) is 4.42. The van der Waals surface area contributed by atoms with E-state index in [2.05, 4.69) is 0 Å². The Morgan fingerprint density at radius 3 is 1.95 bits per heavy atom. The van der Waals surface area contributed by atoms with Gasteiger partial charge in [-0.3, -0.25) is 4.90 Å². The molecule has 1 aliphatic rings. The van der Waals surface area contributed by atoms with Crippen molar-refractivity contribution in [1.29, 1.82) is 0 Å². The van der Waals surface area contributed by atoms with Gasteiger partial charge in [0.15, 0.2) is 0 Å². The number of piperidine rings is 1. The highest BCUT2D eigenvalue weighted by atomic mass is 19.3. The predicted molar refractivity (Wildman–Crippen MR) is 60.3 cm³/mol.